The smallest absolute Gasteiger partial charge is 0.136 e. The third-order valence-corrected chi connectivity index (χ3v) is 21.0. The number of rotatable bonds is 4. The van der Waals surface area contributed by atoms with E-state index in [2.05, 4.69) is 354 Å². The Bertz CT molecular complexity index is 6200. The lowest BCUT2D eigenvalue weighted by Crippen LogP contribution is -2.10. The van der Waals surface area contributed by atoms with Crippen molar-refractivity contribution in [1.82, 2.24) is 18.3 Å². The van der Waals surface area contributed by atoms with E-state index in [0.717, 1.165) is 21.9 Å². The summed E-state index contributed by atoms with van der Waals surface area (Å²) in [6.45, 7) is 20.4. The Labute approximate surface area is 585 Å². The number of benzene rings is 13. The van der Waals surface area contributed by atoms with Crippen molar-refractivity contribution in [3.8, 4) is 22.7 Å². The fraction of sp³-hybridized carbons (Fsp3) is 0.161. The van der Waals surface area contributed by atoms with Crippen molar-refractivity contribution in [1.29, 1.82) is 0 Å². The van der Waals surface area contributed by atoms with E-state index in [0.29, 0.717) is 0 Å². The molecule has 0 fully saturated rings. The Morgan fingerprint density at radius 1 is 0.242 bits per heavy atom. The van der Waals surface area contributed by atoms with Gasteiger partial charge in [0.1, 0.15) is 11.2 Å². The van der Waals surface area contributed by atoms with Crippen LogP contribution in [0.25, 0.3) is 152 Å². The van der Waals surface area contributed by atoms with Crippen LogP contribution in [0.4, 0.5) is 0 Å². The number of fused-ring (bicyclic) bond motifs is 20. The highest BCUT2D eigenvalue weighted by Crippen LogP contribution is 2.46. The first-order valence-electron chi connectivity index (χ1n) is 33.6. The predicted octanol–water partition coefficient (Wildman–Crippen LogP) is 27.5. The van der Waals surface area contributed by atoms with Crippen LogP contribution in [0.2, 0.25) is 0 Å². The molecule has 0 aliphatic rings. The molecule has 0 spiro atoms. The van der Waals surface area contributed by atoms with E-state index in [4.69, 9.17) is 4.42 Å². The van der Waals surface area contributed by atoms with Crippen LogP contribution in [0.5, 0.6) is 0 Å². The molecule has 0 radical (unpaired) electrons. The molecule has 19 aromatic rings. The van der Waals surface area contributed by atoms with Gasteiger partial charge in [0.25, 0.3) is 0 Å². The summed E-state index contributed by atoms with van der Waals surface area (Å²) in [6.07, 6.45) is 0. The maximum atomic E-state index is 6.17. The molecule has 0 bridgehead atoms. The minimum Gasteiger partial charge on any atom is -0.456 e. The van der Waals surface area contributed by atoms with Gasteiger partial charge < -0.3 is 22.7 Å². The van der Waals surface area contributed by atoms with E-state index in [1.54, 1.807) is 0 Å². The van der Waals surface area contributed by atoms with Crippen LogP contribution < -0.4 is 0 Å². The lowest BCUT2D eigenvalue weighted by molar-refractivity contribution is 0.590. The molecular formula is C93H86N4OS. The van der Waals surface area contributed by atoms with Crippen molar-refractivity contribution >= 4 is 141 Å². The SMILES string of the molecule is C.C.C.CC(C)(C)c1ccc(-n2c3ccccc3c3cc4oc5ccccc5c4cc32)cc1.CC(C)(C)c1ccc(-n2c3ccccc3c3ccc4c5ccccc5n(-c5ccccc5)c4c32)cc1.CC(C)(C)c1ccc(-n2c3ccccc3c3ccc4c5ccccc5sc4c32)cc1. The zero-order chi connectivity index (χ0) is 65.4. The largest absolute Gasteiger partial charge is 0.456 e. The van der Waals surface area contributed by atoms with Gasteiger partial charge in [-0.05, 0) is 130 Å². The maximum Gasteiger partial charge on any atom is 0.136 e. The fourth-order valence-corrected chi connectivity index (χ4v) is 16.2. The van der Waals surface area contributed by atoms with Gasteiger partial charge in [0, 0.05) is 92.1 Å². The van der Waals surface area contributed by atoms with Crippen molar-refractivity contribution < 1.29 is 4.42 Å². The summed E-state index contributed by atoms with van der Waals surface area (Å²) in [5.41, 5.74) is 21.1. The summed E-state index contributed by atoms with van der Waals surface area (Å²) in [6, 6.07) is 104. The number of para-hydroxylation sites is 6. The minimum absolute atomic E-state index is 0. The fourth-order valence-electron chi connectivity index (χ4n) is 14.9. The zero-order valence-corrected chi connectivity index (χ0v) is 56.6. The van der Waals surface area contributed by atoms with Crippen molar-refractivity contribution in [2.75, 3.05) is 0 Å². The van der Waals surface area contributed by atoms with E-state index in [1.165, 1.54) is 147 Å². The average molecular weight is 1310 g/mol. The van der Waals surface area contributed by atoms with Crippen LogP contribution in [0.3, 0.4) is 0 Å². The van der Waals surface area contributed by atoms with Crippen molar-refractivity contribution in [2.45, 2.75) is 101 Å². The van der Waals surface area contributed by atoms with Gasteiger partial charge in [0.2, 0.25) is 0 Å². The Kier molecular flexibility index (Phi) is 16.4. The molecule has 0 saturated heterocycles. The second-order valence-corrected chi connectivity index (χ2v) is 29.9. The summed E-state index contributed by atoms with van der Waals surface area (Å²) in [5.74, 6) is 0. The van der Waals surface area contributed by atoms with Gasteiger partial charge in [-0.25, -0.2) is 0 Å². The topological polar surface area (TPSA) is 32.9 Å². The van der Waals surface area contributed by atoms with Gasteiger partial charge in [-0.15, -0.1) is 11.3 Å². The third-order valence-electron chi connectivity index (χ3n) is 19.8. The summed E-state index contributed by atoms with van der Waals surface area (Å²) >= 11 is 1.90. The van der Waals surface area contributed by atoms with E-state index in [9.17, 15) is 0 Å². The lowest BCUT2D eigenvalue weighted by atomic mass is 9.87. The molecule has 0 saturated carbocycles. The van der Waals surface area contributed by atoms with Gasteiger partial charge in [-0.1, -0.05) is 273 Å². The second kappa shape index (κ2) is 24.9. The summed E-state index contributed by atoms with van der Waals surface area (Å²) in [4.78, 5) is 0. The molecule has 6 heterocycles. The molecule has 0 aliphatic carbocycles. The summed E-state index contributed by atoms with van der Waals surface area (Å²) in [5, 5.41) is 15.2. The van der Waals surface area contributed by atoms with Gasteiger partial charge in [0.15, 0.2) is 0 Å². The number of nitrogens with zero attached hydrogens (tertiary/aromatic N) is 4. The molecular weight excluding hydrogens is 1220 g/mol. The van der Waals surface area contributed by atoms with Gasteiger partial charge in [-0.2, -0.15) is 0 Å². The first-order chi connectivity index (χ1) is 46.5. The van der Waals surface area contributed by atoms with Crippen LogP contribution >= 0.6 is 11.3 Å². The minimum atomic E-state index is 0. The van der Waals surface area contributed by atoms with Crippen molar-refractivity contribution in [3.05, 3.63) is 302 Å². The highest BCUT2D eigenvalue weighted by Gasteiger charge is 2.24. The number of hydrogen-bond acceptors (Lipinski definition) is 2. The second-order valence-electron chi connectivity index (χ2n) is 28.9. The van der Waals surface area contributed by atoms with E-state index < -0.39 is 0 Å². The Morgan fingerprint density at radius 2 is 0.586 bits per heavy atom. The Hall–Kier alpha value is -10.9. The lowest BCUT2D eigenvalue weighted by Gasteiger charge is -2.19. The number of furan rings is 1. The van der Waals surface area contributed by atoms with E-state index >= 15 is 0 Å². The molecule has 19 rings (SSSR count). The zero-order valence-electron chi connectivity index (χ0n) is 55.7. The molecule has 0 unspecified atom stereocenters. The van der Waals surface area contributed by atoms with Gasteiger partial charge in [0.05, 0.1) is 48.8 Å². The monoisotopic (exact) mass is 1310 g/mol. The third kappa shape index (κ3) is 10.8. The molecule has 5 nitrogen and oxygen atoms in total. The van der Waals surface area contributed by atoms with Crippen LogP contribution in [0.1, 0.15) is 101 Å². The predicted molar refractivity (Wildman–Crippen MR) is 433 cm³/mol. The normalized spacial score (nSPS) is 12.1. The van der Waals surface area contributed by atoms with Crippen LogP contribution in [0.15, 0.2) is 290 Å². The van der Waals surface area contributed by atoms with Crippen molar-refractivity contribution in [3.63, 3.8) is 0 Å². The molecule has 0 atom stereocenters. The Balaban J connectivity index is 0.000000126. The van der Waals surface area contributed by atoms with Gasteiger partial charge >= 0.3 is 0 Å². The first-order valence-corrected chi connectivity index (χ1v) is 34.4. The first kappa shape index (κ1) is 65.4. The van der Waals surface area contributed by atoms with E-state index in [-0.39, 0.29) is 38.5 Å². The van der Waals surface area contributed by atoms with Crippen LogP contribution in [-0.2, 0) is 16.2 Å². The van der Waals surface area contributed by atoms with Crippen molar-refractivity contribution in [2.24, 2.45) is 0 Å². The standard InChI is InChI=1S/C34H28N2.C28H23NO.C28H23NS.3CH4/c1-34(2,3)23-17-19-25(20-18-23)36-31-16-10-8-14-27(31)29-22-21-28-26-13-7-9-15-30(26)35(32(28)33(29)36)24-11-5-4-6-12-24;1-28(2,3)18-12-14-19(15-13-18)29-24-10-6-4-8-20(24)22-17-27-23(16-25(22)29)21-9-5-7-11-26(21)30-27;1-28(2,3)18-12-14-19(15-13-18)29-24-10-6-4-8-20(24)22-16-17-23-21-9-5-7-11-25(21)30-27(23)26(22)29;;;/h4-22H,1-3H3;2*4-17H,1-3H3;3*1H4. The van der Waals surface area contributed by atoms with E-state index in [1.807, 2.05) is 23.5 Å². The highest BCUT2D eigenvalue weighted by molar-refractivity contribution is 7.26. The molecule has 0 amide bonds. The molecule has 99 heavy (non-hydrogen) atoms. The molecule has 490 valence electrons. The molecule has 6 aromatic heterocycles. The maximum absolute atomic E-state index is 6.17. The molecule has 6 heteroatoms. The molecule has 13 aromatic carbocycles. The average Bonchev–Trinajstić information content (AvgIpc) is 1.55. The number of aromatic nitrogens is 4. The van der Waals surface area contributed by atoms with Gasteiger partial charge in [-0.3, -0.25) is 0 Å². The number of hydrogen-bond donors (Lipinski definition) is 0. The summed E-state index contributed by atoms with van der Waals surface area (Å²) in [7, 11) is 0. The summed E-state index contributed by atoms with van der Waals surface area (Å²) < 4.78 is 18.6. The molecule has 0 aliphatic heterocycles. The highest BCUT2D eigenvalue weighted by atomic mass is 32.1. The van der Waals surface area contributed by atoms with Crippen LogP contribution in [-0.4, -0.2) is 18.3 Å². The molecule has 0 N–H and O–H groups in total. The van der Waals surface area contributed by atoms with Crippen LogP contribution in [0, 0.1) is 0 Å². The Morgan fingerprint density at radius 3 is 1.05 bits per heavy atom. The number of thiophene rings is 1. The quantitative estimate of drug-likeness (QED) is 0.173.